The van der Waals surface area contributed by atoms with E-state index in [2.05, 4.69) is 26.6 Å². The fourth-order valence-corrected chi connectivity index (χ4v) is 3.68. The second-order valence-electron chi connectivity index (χ2n) is 8.39. The Morgan fingerprint density at radius 3 is 2.29 bits per heavy atom. The maximum Gasteiger partial charge on any atom is 0.322 e. The molecule has 6 amide bonds. The molecule has 3 aromatic carbocycles. The summed E-state index contributed by atoms with van der Waals surface area (Å²) >= 11 is 0. The van der Waals surface area contributed by atoms with E-state index >= 15 is 0 Å². The van der Waals surface area contributed by atoms with Crippen molar-refractivity contribution >= 4 is 35.3 Å². The first-order valence-corrected chi connectivity index (χ1v) is 11.0. The molecule has 1 unspecified atom stereocenters. The minimum Gasteiger partial charge on any atom is -0.334 e. The van der Waals surface area contributed by atoms with Crippen molar-refractivity contribution in [2.45, 2.75) is 25.9 Å². The second-order valence-corrected chi connectivity index (χ2v) is 8.39. The number of amides is 6. The topological polar surface area (TPSA) is 128 Å². The molecular weight excluding hydrogens is 446 g/mol. The van der Waals surface area contributed by atoms with Gasteiger partial charge in [0.15, 0.2) is 0 Å². The van der Waals surface area contributed by atoms with Gasteiger partial charge in [0.25, 0.3) is 11.8 Å². The van der Waals surface area contributed by atoms with Crippen LogP contribution in [0.2, 0.25) is 0 Å². The number of rotatable bonds is 6. The van der Waals surface area contributed by atoms with Gasteiger partial charge >= 0.3 is 12.1 Å². The van der Waals surface area contributed by atoms with E-state index in [-0.39, 0.29) is 12.5 Å². The summed E-state index contributed by atoms with van der Waals surface area (Å²) in [4.78, 5) is 48.5. The third-order valence-corrected chi connectivity index (χ3v) is 5.81. The van der Waals surface area contributed by atoms with Crippen LogP contribution in [0.1, 0.15) is 34.0 Å². The first kappa shape index (κ1) is 23.5. The van der Waals surface area contributed by atoms with E-state index in [4.69, 9.17) is 0 Å². The maximum absolute atomic E-state index is 12.5. The molecule has 1 atom stereocenters. The molecule has 0 aromatic heterocycles. The quantitative estimate of drug-likeness (QED) is 0.352. The summed E-state index contributed by atoms with van der Waals surface area (Å²) in [5.74, 6) is -0.651. The fourth-order valence-electron chi connectivity index (χ4n) is 3.68. The maximum atomic E-state index is 12.5. The van der Waals surface area contributed by atoms with Crippen molar-refractivity contribution in [2.24, 2.45) is 0 Å². The lowest BCUT2D eigenvalue weighted by atomic mass is 9.91. The molecule has 0 aliphatic carbocycles. The van der Waals surface area contributed by atoms with Crippen molar-refractivity contribution in [3.05, 3.63) is 95.1 Å². The summed E-state index contributed by atoms with van der Waals surface area (Å²) < 4.78 is 0. The summed E-state index contributed by atoms with van der Waals surface area (Å²) in [6.07, 6.45) is 0. The van der Waals surface area contributed by atoms with Crippen molar-refractivity contribution in [1.29, 1.82) is 0 Å². The molecule has 3 aromatic rings. The van der Waals surface area contributed by atoms with Crippen LogP contribution in [0, 0.1) is 6.92 Å². The Bertz CT molecular complexity index is 1290. The summed E-state index contributed by atoms with van der Waals surface area (Å²) in [6.45, 7) is 3.74. The molecule has 4 rings (SSSR count). The van der Waals surface area contributed by atoms with Crippen LogP contribution in [0.5, 0.6) is 0 Å². The van der Waals surface area contributed by atoms with E-state index in [1.807, 2.05) is 19.1 Å². The zero-order valence-corrected chi connectivity index (χ0v) is 19.3. The van der Waals surface area contributed by atoms with Crippen LogP contribution in [0.3, 0.4) is 0 Å². The lowest BCUT2D eigenvalue weighted by Gasteiger charge is -2.21. The molecule has 0 bridgehead atoms. The second kappa shape index (κ2) is 9.68. The monoisotopic (exact) mass is 471 g/mol. The number of carbonyl (C=O) groups is 4. The zero-order valence-electron chi connectivity index (χ0n) is 19.3. The Balaban J connectivity index is 1.35. The highest BCUT2D eigenvalue weighted by Crippen LogP contribution is 2.25. The molecule has 0 saturated carbocycles. The van der Waals surface area contributed by atoms with Crippen molar-refractivity contribution < 1.29 is 19.2 Å². The van der Waals surface area contributed by atoms with Crippen LogP contribution in [0.4, 0.5) is 21.0 Å². The Kier molecular flexibility index (Phi) is 6.50. The van der Waals surface area contributed by atoms with Gasteiger partial charge in [0.1, 0.15) is 5.54 Å². The van der Waals surface area contributed by atoms with Gasteiger partial charge < -0.3 is 21.3 Å². The highest BCUT2D eigenvalue weighted by atomic mass is 16.2. The van der Waals surface area contributed by atoms with Gasteiger partial charge in [0, 0.05) is 23.5 Å². The summed E-state index contributed by atoms with van der Waals surface area (Å²) in [5.41, 5.74) is 2.84. The Morgan fingerprint density at radius 2 is 1.63 bits per heavy atom. The fraction of sp³-hybridized carbons (Fsp3) is 0.154. The number of aryl methyl sites for hydroxylation is 1. The van der Waals surface area contributed by atoms with E-state index in [0.717, 1.165) is 11.1 Å². The smallest absolute Gasteiger partial charge is 0.322 e. The Labute approximate surface area is 202 Å². The highest BCUT2D eigenvalue weighted by molar-refractivity contribution is 6.07. The Morgan fingerprint density at radius 1 is 0.914 bits per heavy atom. The summed E-state index contributed by atoms with van der Waals surface area (Å²) in [6, 6.07) is 20.3. The zero-order chi connectivity index (χ0) is 25.0. The van der Waals surface area contributed by atoms with Gasteiger partial charge in [-0.1, -0.05) is 48.5 Å². The lowest BCUT2D eigenvalue weighted by Crippen LogP contribution is -2.40. The molecule has 35 heavy (non-hydrogen) atoms. The van der Waals surface area contributed by atoms with E-state index in [1.54, 1.807) is 67.6 Å². The largest absolute Gasteiger partial charge is 0.334 e. The molecule has 1 saturated heterocycles. The van der Waals surface area contributed by atoms with Gasteiger partial charge in [0.2, 0.25) is 0 Å². The average molecular weight is 472 g/mol. The molecule has 5 N–H and O–H groups in total. The molecule has 1 fully saturated rings. The molecule has 1 aliphatic rings. The van der Waals surface area contributed by atoms with E-state index in [0.29, 0.717) is 22.5 Å². The highest BCUT2D eigenvalue weighted by Gasteiger charge is 2.43. The number of hydrogen-bond acceptors (Lipinski definition) is 4. The summed E-state index contributed by atoms with van der Waals surface area (Å²) in [7, 11) is 0. The van der Waals surface area contributed by atoms with Crippen molar-refractivity contribution in [1.82, 2.24) is 16.0 Å². The number of anilines is 2. The third-order valence-electron chi connectivity index (χ3n) is 5.81. The molecule has 1 aliphatic heterocycles. The predicted octanol–water partition coefficient (Wildman–Crippen LogP) is 3.62. The SMILES string of the molecule is Cc1ccc(NC(=O)c2ccccc2)cc1NC(=O)NCc1ccc(C2(C)NC(=O)NC2=O)cc1. The van der Waals surface area contributed by atoms with Crippen LogP contribution < -0.4 is 26.6 Å². The number of imide groups is 1. The van der Waals surface area contributed by atoms with Gasteiger partial charge in [-0.05, 0) is 54.8 Å². The molecule has 178 valence electrons. The van der Waals surface area contributed by atoms with Gasteiger partial charge in [-0.25, -0.2) is 9.59 Å². The van der Waals surface area contributed by atoms with Crippen molar-refractivity contribution in [3.63, 3.8) is 0 Å². The Hall–Kier alpha value is -4.66. The van der Waals surface area contributed by atoms with Gasteiger partial charge in [-0.2, -0.15) is 0 Å². The van der Waals surface area contributed by atoms with E-state index in [9.17, 15) is 19.2 Å². The van der Waals surface area contributed by atoms with E-state index < -0.39 is 23.5 Å². The molecule has 9 heteroatoms. The van der Waals surface area contributed by atoms with E-state index in [1.165, 1.54) is 0 Å². The number of hydrogen-bond donors (Lipinski definition) is 5. The molecule has 0 radical (unpaired) electrons. The lowest BCUT2D eigenvalue weighted by molar-refractivity contribution is -0.123. The first-order valence-electron chi connectivity index (χ1n) is 11.0. The van der Waals surface area contributed by atoms with Gasteiger partial charge in [0.05, 0.1) is 0 Å². The average Bonchev–Trinajstić information content (AvgIpc) is 3.12. The molecule has 0 spiro atoms. The van der Waals surface area contributed by atoms with Crippen LogP contribution in [0.15, 0.2) is 72.8 Å². The summed E-state index contributed by atoms with van der Waals surface area (Å²) in [5, 5.41) is 13.3. The predicted molar refractivity (Wildman–Crippen MR) is 132 cm³/mol. The van der Waals surface area contributed by atoms with Gasteiger partial charge in [-0.15, -0.1) is 0 Å². The van der Waals surface area contributed by atoms with Crippen molar-refractivity contribution in [2.75, 3.05) is 10.6 Å². The van der Waals surface area contributed by atoms with Crippen LogP contribution in [-0.4, -0.2) is 23.9 Å². The van der Waals surface area contributed by atoms with Crippen molar-refractivity contribution in [3.8, 4) is 0 Å². The first-order chi connectivity index (χ1) is 16.7. The normalized spacial score (nSPS) is 16.7. The van der Waals surface area contributed by atoms with Crippen LogP contribution >= 0.6 is 0 Å². The minimum atomic E-state index is -1.13. The number of urea groups is 2. The number of carbonyl (C=O) groups excluding carboxylic acids is 4. The number of nitrogens with one attached hydrogen (secondary N) is 5. The third kappa shape index (κ3) is 5.30. The molecule has 9 nitrogen and oxygen atoms in total. The number of benzene rings is 3. The molecule has 1 heterocycles. The minimum absolute atomic E-state index is 0.239. The van der Waals surface area contributed by atoms with Crippen LogP contribution in [0.25, 0.3) is 0 Å². The van der Waals surface area contributed by atoms with Gasteiger partial charge in [-0.3, -0.25) is 14.9 Å². The standard InChI is InChI=1S/C26H25N5O4/c1-16-8-13-20(28-22(32)18-6-4-3-5-7-18)14-21(16)29-24(34)27-15-17-9-11-19(12-10-17)26(2)23(33)30-25(35)31-26/h3-14H,15H2,1-2H3,(H,28,32)(H2,27,29,34)(H2,30,31,33,35). The van der Waals surface area contributed by atoms with Crippen LogP contribution in [-0.2, 0) is 16.9 Å². The molecular formula is C26H25N5O4.